The van der Waals surface area contributed by atoms with Gasteiger partial charge < -0.3 is 15.3 Å². The van der Waals surface area contributed by atoms with E-state index < -0.39 is 6.10 Å². The van der Waals surface area contributed by atoms with Crippen LogP contribution in [0, 0.1) is 11.3 Å². The molecule has 0 saturated carbocycles. The smallest absolute Gasteiger partial charge is 0.321 e. The Labute approximate surface area is 180 Å². The molecule has 0 aliphatic carbocycles. The first-order valence-electron chi connectivity index (χ1n) is 10.1. The number of piperidine rings is 1. The van der Waals surface area contributed by atoms with E-state index in [0.29, 0.717) is 23.8 Å². The number of aromatic nitrogens is 3. The fraction of sp³-hybridized carbons (Fsp3) is 0.409. The topological polar surface area (TPSA) is 94.1 Å². The SMILES string of the molecule is CC(C)(C1CCN(C(=O)Nc2cccnc2)CC1)C(O)c1cc(Cl)cc2[nH]ncc12. The molecule has 1 aliphatic rings. The first-order valence-corrected chi connectivity index (χ1v) is 10.5. The van der Waals surface area contributed by atoms with Crippen molar-refractivity contribution in [2.24, 2.45) is 11.3 Å². The van der Waals surface area contributed by atoms with Crippen molar-refractivity contribution in [3.63, 3.8) is 0 Å². The Kier molecular flexibility index (Phi) is 5.66. The van der Waals surface area contributed by atoms with Gasteiger partial charge in [0.1, 0.15) is 0 Å². The van der Waals surface area contributed by atoms with Gasteiger partial charge in [-0.3, -0.25) is 10.1 Å². The molecule has 1 fully saturated rings. The molecule has 3 heterocycles. The molecular weight excluding hydrogens is 402 g/mol. The Morgan fingerprint density at radius 2 is 2.10 bits per heavy atom. The van der Waals surface area contributed by atoms with Gasteiger partial charge in [0.15, 0.2) is 0 Å². The lowest BCUT2D eigenvalue weighted by Crippen LogP contribution is -2.45. The number of nitrogens with zero attached hydrogens (tertiary/aromatic N) is 3. The zero-order valence-electron chi connectivity index (χ0n) is 17.1. The number of urea groups is 1. The van der Waals surface area contributed by atoms with Crippen molar-refractivity contribution in [1.29, 1.82) is 0 Å². The molecule has 7 nitrogen and oxygen atoms in total. The van der Waals surface area contributed by atoms with E-state index in [2.05, 4.69) is 34.3 Å². The quantitative estimate of drug-likeness (QED) is 0.566. The van der Waals surface area contributed by atoms with Crippen LogP contribution in [0.1, 0.15) is 38.4 Å². The van der Waals surface area contributed by atoms with E-state index in [0.717, 1.165) is 29.3 Å². The highest BCUT2D eigenvalue weighted by atomic mass is 35.5. The van der Waals surface area contributed by atoms with Gasteiger partial charge in [-0.25, -0.2) is 4.79 Å². The van der Waals surface area contributed by atoms with Crippen LogP contribution in [0.4, 0.5) is 10.5 Å². The van der Waals surface area contributed by atoms with Crippen LogP contribution in [0.15, 0.2) is 42.9 Å². The average molecular weight is 428 g/mol. The van der Waals surface area contributed by atoms with Crippen LogP contribution in [0.25, 0.3) is 10.9 Å². The standard InChI is InChI=1S/C22H26ClN5O2/c1-22(2,20(29)17-10-15(23)11-19-18(17)13-25-27-19)14-5-8-28(9-6-14)21(30)26-16-4-3-7-24-12-16/h3-4,7,10-14,20,29H,5-6,8-9H2,1-2H3,(H,25,27)(H,26,30). The van der Waals surface area contributed by atoms with Gasteiger partial charge in [0.2, 0.25) is 0 Å². The molecule has 0 spiro atoms. The third-order valence-electron chi connectivity index (χ3n) is 6.30. The second-order valence-corrected chi connectivity index (χ2v) is 8.92. The predicted molar refractivity (Wildman–Crippen MR) is 117 cm³/mol. The molecule has 1 atom stereocenters. The van der Waals surface area contributed by atoms with E-state index in [4.69, 9.17) is 11.6 Å². The fourth-order valence-electron chi connectivity index (χ4n) is 4.36. The third kappa shape index (κ3) is 4.00. The van der Waals surface area contributed by atoms with Gasteiger partial charge in [-0.1, -0.05) is 25.4 Å². The number of aliphatic hydroxyl groups excluding tert-OH is 1. The van der Waals surface area contributed by atoms with Crippen molar-refractivity contribution in [3.05, 3.63) is 53.4 Å². The molecule has 2 amide bonds. The minimum atomic E-state index is -0.697. The maximum absolute atomic E-state index is 12.5. The number of carbonyl (C=O) groups is 1. The molecular formula is C22H26ClN5O2. The van der Waals surface area contributed by atoms with Crippen molar-refractivity contribution in [2.75, 3.05) is 18.4 Å². The highest BCUT2D eigenvalue weighted by Gasteiger charge is 2.40. The number of aliphatic hydroxyl groups is 1. The summed E-state index contributed by atoms with van der Waals surface area (Å²) in [5.41, 5.74) is 1.90. The molecule has 1 aromatic carbocycles. The largest absolute Gasteiger partial charge is 0.388 e. The van der Waals surface area contributed by atoms with Crippen molar-refractivity contribution in [2.45, 2.75) is 32.8 Å². The second kappa shape index (κ2) is 8.24. The van der Waals surface area contributed by atoms with Crippen molar-refractivity contribution >= 4 is 34.2 Å². The van der Waals surface area contributed by atoms with Crippen LogP contribution in [-0.2, 0) is 0 Å². The molecule has 2 aromatic heterocycles. The van der Waals surface area contributed by atoms with E-state index in [1.165, 1.54) is 0 Å². The number of rotatable bonds is 4. The van der Waals surface area contributed by atoms with Crippen LogP contribution in [-0.4, -0.2) is 44.3 Å². The van der Waals surface area contributed by atoms with Crippen molar-refractivity contribution < 1.29 is 9.90 Å². The number of H-pyrrole nitrogens is 1. The minimum absolute atomic E-state index is 0.116. The summed E-state index contributed by atoms with van der Waals surface area (Å²) >= 11 is 6.27. The molecule has 0 bridgehead atoms. The Morgan fingerprint density at radius 3 is 2.80 bits per heavy atom. The summed E-state index contributed by atoms with van der Waals surface area (Å²) < 4.78 is 0. The lowest BCUT2D eigenvalue weighted by Gasteiger charge is -2.43. The first kappa shape index (κ1) is 20.6. The highest BCUT2D eigenvalue weighted by molar-refractivity contribution is 6.31. The second-order valence-electron chi connectivity index (χ2n) is 8.48. The zero-order chi connectivity index (χ0) is 21.3. The van der Waals surface area contributed by atoms with Gasteiger partial charge >= 0.3 is 6.03 Å². The number of fused-ring (bicyclic) bond motifs is 1. The van der Waals surface area contributed by atoms with E-state index in [9.17, 15) is 9.90 Å². The lowest BCUT2D eigenvalue weighted by atomic mass is 9.68. The maximum atomic E-state index is 12.5. The van der Waals surface area contributed by atoms with E-state index in [1.54, 1.807) is 24.7 Å². The lowest BCUT2D eigenvalue weighted by molar-refractivity contribution is -0.0137. The minimum Gasteiger partial charge on any atom is -0.388 e. The summed E-state index contributed by atoms with van der Waals surface area (Å²) in [5.74, 6) is 0.260. The Hall–Kier alpha value is -2.64. The number of carbonyl (C=O) groups excluding carboxylic acids is 1. The number of likely N-dealkylation sites (tertiary alicyclic amines) is 1. The van der Waals surface area contributed by atoms with Crippen LogP contribution >= 0.6 is 11.6 Å². The Bertz CT molecular complexity index is 1030. The molecule has 3 aromatic rings. The van der Waals surface area contributed by atoms with Crippen LogP contribution in [0.3, 0.4) is 0 Å². The molecule has 30 heavy (non-hydrogen) atoms. The molecule has 8 heteroatoms. The van der Waals surface area contributed by atoms with E-state index >= 15 is 0 Å². The molecule has 1 unspecified atom stereocenters. The number of pyridine rings is 1. The third-order valence-corrected chi connectivity index (χ3v) is 6.52. The summed E-state index contributed by atoms with van der Waals surface area (Å²) in [7, 11) is 0. The Morgan fingerprint density at radius 1 is 1.33 bits per heavy atom. The normalized spacial score (nSPS) is 16.6. The van der Waals surface area contributed by atoms with Crippen molar-refractivity contribution in [3.8, 4) is 0 Å². The van der Waals surface area contributed by atoms with Gasteiger partial charge in [-0.2, -0.15) is 5.10 Å². The Balaban J connectivity index is 1.44. The number of halogens is 1. The molecule has 4 rings (SSSR count). The maximum Gasteiger partial charge on any atom is 0.321 e. The summed E-state index contributed by atoms with van der Waals surface area (Å²) in [6.45, 7) is 5.45. The van der Waals surface area contributed by atoms with Gasteiger partial charge in [-0.05, 0) is 54.0 Å². The number of hydrogen-bond donors (Lipinski definition) is 3. The van der Waals surface area contributed by atoms with Gasteiger partial charge in [-0.15, -0.1) is 0 Å². The molecule has 158 valence electrons. The monoisotopic (exact) mass is 427 g/mol. The highest BCUT2D eigenvalue weighted by Crippen LogP contribution is 2.46. The van der Waals surface area contributed by atoms with Crippen molar-refractivity contribution in [1.82, 2.24) is 20.1 Å². The van der Waals surface area contributed by atoms with Crippen LogP contribution < -0.4 is 5.32 Å². The molecule has 1 aliphatic heterocycles. The number of benzene rings is 1. The fourth-order valence-corrected chi connectivity index (χ4v) is 4.58. The summed E-state index contributed by atoms with van der Waals surface area (Å²) in [6, 6.07) is 7.13. The number of nitrogens with one attached hydrogen (secondary N) is 2. The van der Waals surface area contributed by atoms with Gasteiger partial charge in [0.05, 0.1) is 29.7 Å². The first-order chi connectivity index (χ1) is 14.4. The van der Waals surface area contributed by atoms with Gasteiger partial charge in [0, 0.05) is 29.7 Å². The zero-order valence-corrected chi connectivity index (χ0v) is 17.9. The number of amides is 2. The summed E-state index contributed by atoms with van der Waals surface area (Å²) in [6.07, 6.45) is 5.97. The summed E-state index contributed by atoms with van der Waals surface area (Å²) in [4.78, 5) is 18.4. The number of aromatic amines is 1. The van der Waals surface area contributed by atoms with E-state index in [-0.39, 0.29) is 17.4 Å². The van der Waals surface area contributed by atoms with Crippen LogP contribution in [0.5, 0.6) is 0 Å². The van der Waals surface area contributed by atoms with Gasteiger partial charge in [0.25, 0.3) is 0 Å². The predicted octanol–water partition coefficient (Wildman–Crippen LogP) is 4.62. The van der Waals surface area contributed by atoms with E-state index in [1.807, 2.05) is 23.1 Å². The molecule has 3 N–H and O–H groups in total. The molecule has 0 radical (unpaired) electrons. The summed E-state index contributed by atoms with van der Waals surface area (Å²) in [5, 5.41) is 22.7. The van der Waals surface area contributed by atoms with Crippen LogP contribution in [0.2, 0.25) is 5.02 Å². The number of anilines is 1. The molecule has 1 saturated heterocycles. The number of hydrogen-bond acceptors (Lipinski definition) is 4. The average Bonchev–Trinajstić information content (AvgIpc) is 3.21.